The van der Waals surface area contributed by atoms with Gasteiger partial charge < -0.3 is 10.2 Å². The summed E-state index contributed by atoms with van der Waals surface area (Å²) in [5.74, 6) is 2.56. The average molecular weight is 369 g/mol. The molecule has 2 N–H and O–H groups in total. The van der Waals surface area contributed by atoms with Crippen molar-refractivity contribution in [2.75, 3.05) is 23.7 Å². The molecule has 0 bridgehead atoms. The summed E-state index contributed by atoms with van der Waals surface area (Å²) >= 11 is 0. The summed E-state index contributed by atoms with van der Waals surface area (Å²) in [6, 6.07) is 2.41. The number of anilines is 1. The van der Waals surface area contributed by atoms with E-state index in [-0.39, 0.29) is 5.91 Å². The minimum Gasteiger partial charge on any atom is -0.355 e. The molecule has 0 spiro atoms. The second-order valence-corrected chi connectivity index (χ2v) is 9.60. The molecule has 2 aliphatic heterocycles. The van der Waals surface area contributed by atoms with Crippen LogP contribution in [0.15, 0.2) is 6.07 Å². The second-order valence-electron chi connectivity index (χ2n) is 6.81. The highest BCUT2D eigenvalue weighted by atomic mass is 33.1. The van der Waals surface area contributed by atoms with Crippen LogP contribution in [0.2, 0.25) is 0 Å². The molecule has 2 aliphatic rings. The van der Waals surface area contributed by atoms with Crippen molar-refractivity contribution in [2.24, 2.45) is 0 Å². The minimum atomic E-state index is 0.234. The van der Waals surface area contributed by atoms with Crippen LogP contribution in [0.4, 0.5) is 5.82 Å². The lowest BCUT2D eigenvalue weighted by Gasteiger charge is -2.32. The van der Waals surface area contributed by atoms with E-state index in [1.54, 1.807) is 0 Å². The number of unbranched alkanes of at least 4 members (excludes halogenated alkanes) is 1. The van der Waals surface area contributed by atoms with Crippen molar-refractivity contribution >= 4 is 33.3 Å². The Kier molecular flexibility index (Phi) is 6.77. The molecule has 2 fully saturated rings. The first-order chi connectivity index (χ1) is 11.7. The van der Waals surface area contributed by atoms with Gasteiger partial charge in [0.05, 0.1) is 0 Å². The normalized spacial score (nSPS) is 22.0. The Labute approximate surface area is 152 Å². The quantitative estimate of drug-likeness (QED) is 0.570. The van der Waals surface area contributed by atoms with Gasteiger partial charge >= 0.3 is 0 Å². The van der Waals surface area contributed by atoms with Crippen molar-refractivity contribution in [1.82, 2.24) is 15.5 Å². The summed E-state index contributed by atoms with van der Waals surface area (Å²) in [5.41, 5.74) is 1.09. The second kappa shape index (κ2) is 9.04. The predicted molar refractivity (Wildman–Crippen MR) is 104 cm³/mol. The van der Waals surface area contributed by atoms with E-state index >= 15 is 0 Å². The van der Waals surface area contributed by atoms with Crippen molar-refractivity contribution in [3.05, 3.63) is 11.8 Å². The van der Waals surface area contributed by atoms with Crippen LogP contribution in [0.3, 0.4) is 0 Å². The van der Waals surface area contributed by atoms with Gasteiger partial charge in [-0.2, -0.15) is 5.10 Å². The van der Waals surface area contributed by atoms with Crippen LogP contribution in [0.1, 0.15) is 50.6 Å². The van der Waals surface area contributed by atoms with Gasteiger partial charge in [-0.25, -0.2) is 0 Å². The number of aromatic nitrogens is 2. The van der Waals surface area contributed by atoms with E-state index in [1.807, 2.05) is 28.5 Å². The first kappa shape index (κ1) is 18.0. The largest absolute Gasteiger partial charge is 0.355 e. The van der Waals surface area contributed by atoms with Crippen LogP contribution in [0.25, 0.3) is 0 Å². The Morgan fingerprint density at radius 1 is 1.38 bits per heavy atom. The van der Waals surface area contributed by atoms with E-state index in [0.717, 1.165) is 49.1 Å². The highest BCUT2D eigenvalue weighted by molar-refractivity contribution is 8.77. The minimum absolute atomic E-state index is 0.234. The number of aryl methyl sites for hydroxylation is 1. The van der Waals surface area contributed by atoms with Crippen molar-refractivity contribution in [3.8, 4) is 0 Å². The molecule has 1 aromatic rings. The molecule has 24 heavy (non-hydrogen) atoms. The highest BCUT2D eigenvalue weighted by Crippen LogP contribution is 2.39. The zero-order valence-corrected chi connectivity index (χ0v) is 16.1. The lowest BCUT2D eigenvalue weighted by molar-refractivity contribution is -0.122. The number of aromatic amines is 1. The standard InChI is InChI=1S/C17H28N4OS2/c1-13-12-16(20-19-13)21-9-6-14(7-10-21)18-17(22)5-3-2-4-15-8-11-23-24-15/h12,14-15H,2-11H2,1H3,(H,18,22)(H,19,20)/t15-/m0/s1. The molecule has 2 saturated heterocycles. The molecule has 3 rings (SSSR count). The van der Waals surface area contributed by atoms with Crippen LogP contribution in [-0.2, 0) is 4.79 Å². The summed E-state index contributed by atoms with van der Waals surface area (Å²) < 4.78 is 0. The lowest BCUT2D eigenvalue weighted by atomic mass is 10.0. The molecule has 0 aromatic carbocycles. The monoisotopic (exact) mass is 368 g/mol. The zero-order valence-electron chi connectivity index (χ0n) is 14.4. The molecule has 134 valence electrons. The van der Waals surface area contributed by atoms with Crippen LogP contribution >= 0.6 is 21.6 Å². The summed E-state index contributed by atoms with van der Waals surface area (Å²) in [7, 11) is 4.03. The van der Waals surface area contributed by atoms with E-state index in [2.05, 4.69) is 26.5 Å². The highest BCUT2D eigenvalue weighted by Gasteiger charge is 2.22. The number of hydrogen-bond donors (Lipinski definition) is 2. The van der Waals surface area contributed by atoms with Crippen LogP contribution in [-0.4, -0.2) is 46.2 Å². The summed E-state index contributed by atoms with van der Waals surface area (Å²) in [6.45, 7) is 3.95. The number of piperidine rings is 1. The maximum atomic E-state index is 12.1. The maximum absolute atomic E-state index is 12.1. The average Bonchev–Trinajstić information content (AvgIpc) is 3.24. The van der Waals surface area contributed by atoms with Crippen LogP contribution in [0, 0.1) is 6.92 Å². The fourth-order valence-electron chi connectivity index (χ4n) is 3.34. The van der Waals surface area contributed by atoms with Gasteiger partial charge in [0.25, 0.3) is 0 Å². The van der Waals surface area contributed by atoms with Crippen molar-refractivity contribution in [2.45, 2.75) is 63.2 Å². The topological polar surface area (TPSA) is 61.0 Å². The van der Waals surface area contributed by atoms with E-state index in [9.17, 15) is 4.79 Å². The molecule has 0 saturated carbocycles. The molecule has 7 heteroatoms. The third-order valence-electron chi connectivity index (χ3n) is 4.78. The van der Waals surface area contributed by atoms with Gasteiger partial charge in [-0.1, -0.05) is 28.0 Å². The van der Waals surface area contributed by atoms with Crippen molar-refractivity contribution in [3.63, 3.8) is 0 Å². The van der Waals surface area contributed by atoms with Gasteiger partial charge in [-0.3, -0.25) is 9.89 Å². The SMILES string of the molecule is Cc1cc(N2CCC(NC(=O)CCCC[C@H]3CCSS3)CC2)n[nH]1. The molecule has 5 nitrogen and oxygen atoms in total. The Hall–Kier alpha value is -0.820. The predicted octanol–water partition coefficient (Wildman–Crippen LogP) is 3.52. The fourth-order valence-corrected chi connectivity index (χ4v) is 6.37. The summed E-state index contributed by atoms with van der Waals surface area (Å²) in [4.78, 5) is 14.4. The number of carbonyl (C=O) groups is 1. The Bertz CT molecular complexity index is 522. The van der Waals surface area contributed by atoms with Gasteiger partial charge in [-0.15, -0.1) is 0 Å². The summed E-state index contributed by atoms with van der Waals surface area (Å²) in [5, 5.41) is 11.4. The number of amides is 1. The van der Waals surface area contributed by atoms with Crippen LogP contribution in [0.5, 0.6) is 0 Å². The number of nitrogens with one attached hydrogen (secondary N) is 2. The van der Waals surface area contributed by atoms with Crippen LogP contribution < -0.4 is 10.2 Å². The Balaban J connectivity index is 1.28. The zero-order chi connectivity index (χ0) is 16.8. The molecule has 1 atom stereocenters. The Morgan fingerprint density at radius 2 is 2.21 bits per heavy atom. The lowest BCUT2D eigenvalue weighted by Crippen LogP contribution is -2.44. The molecule has 0 radical (unpaired) electrons. The van der Waals surface area contributed by atoms with Gasteiger partial charge in [-0.05, 0) is 39.0 Å². The number of H-pyrrole nitrogens is 1. The van der Waals surface area contributed by atoms with Gasteiger partial charge in [0.1, 0.15) is 0 Å². The first-order valence-electron chi connectivity index (χ1n) is 9.05. The molecular weight excluding hydrogens is 340 g/mol. The molecule has 1 aromatic heterocycles. The third kappa shape index (κ3) is 5.34. The van der Waals surface area contributed by atoms with Crippen molar-refractivity contribution in [1.29, 1.82) is 0 Å². The van der Waals surface area contributed by atoms with Gasteiger partial charge in [0.15, 0.2) is 5.82 Å². The maximum Gasteiger partial charge on any atom is 0.220 e. The van der Waals surface area contributed by atoms with Gasteiger partial charge in [0, 0.05) is 48.3 Å². The van der Waals surface area contributed by atoms with Crippen molar-refractivity contribution < 1.29 is 4.79 Å². The first-order valence-corrected chi connectivity index (χ1v) is 11.4. The van der Waals surface area contributed by atoms with Gasteiger partial charge in [0.2, 0.25) is 5.91 Å². The molecule has 0 aliphatic carbocycles. The fraction of sp³-hybridized carbons (Fsp3) is 0.765. The summed E-state index contributed by atoms with van der Waals surface area (Å²) in [6.07, 6.45) is 7.52. The number of hydrogen-bond acceptors (Lipinski definition) is 5. The number of carbonyl (C=O) groups excluding carboxylic acids is 1. The number of nitrogens with zero attached hydrogens (tertiary/aromatic N) is 2. The molecule has 1 amide bonds. The third-order valence-corrected chi connectivity index (χ3v) is 7.79. The number of rotatable bonds is 7. The molecular formula is C17H28N4OS2. The smallest absolute Gasteiger partial charge is 0.220 e. The van der Waals surface area contributed by atoms with E-state index in [0.29, 0.717) is 12.5 Å². The van der Waals surface area contributed by atoms with E-state index in [4.69, 9.17) is 0 Å². The molecule has 0 unspecified atom stereocenters. The van der Waals surface area contributed by atoms with E-state index < -0.39 is 0 Å². The Morgan fingerprint density at radius 3 is 2.88 bits per heavy atom. The molecule has 3 heterocycles. The van der Waals surface area contributed by atoms with E-state index in [1.165, 1.54) is 25.0 Å².